The van der Waals surface area contributed by atoms with E-state index in [1.165, 1.54) is 4.57 Å². The van der Waals surface area contributed by atoms with Crippen LogP contribution >= 0.6 is 0 Å². The minimum Gasteiger partial charge on any atom is -0.495 e. The van der Waals surface area contributed by atoms with Crippen LogP contribution in [0.2, 0.25) is 0 Å². The van der Waals surface area contributed by atoms with Gasteiger partial charge < -0.3 is 29.6 Å². The van der Waals surface area contributed by atoms with Crippen molar-refractivity contribution in [3.8, 4) is 11.5 Å². The van der Waals surface area contributed by atoms with Crippen LogP contribution in [0.25, 0.3) is 17.1 Å². The number of amides is 1. The minimum absolute atomic E-state index is 0.123. The number of carbonyl (C=O) groups excluding carboxylic acids is 1. The van der Waals surface area contributed by atoms with Gasteiger partial charge in [-0.3, -0.25) is 9.59 Å². The molecule has 1 aliphatic heterocycles. The summed E-state index contributed by atoms with van der Waals surface area (Å²) < 4.78 is 13.1. The molecule has 1 aliphatic rings. The van der Waals surface area contributed by atoms with Crippen LogP contribution in [0.5, 0.6) is 11.5 Å². The van der Waals surface area contributed by atoms with E-state index in [2.05, 4.69) is 27.6 Å². The van der Waals surface area contributed by atoms with E-state index in [0.29, 0.717) is 39.5 Å². The van der Waals surface area contributed by atoms with Crippen molar-refractivity contribution in [2.45, 2.75) is 52.2 Å². The first-order chi connectivity index (χ1) is 18.7. The number of carbonyl (C=O) groups is 1. The molecule has 0 aliphatic carbocycles. The molecule has 0 bridgehead atoms. The summed E-state index contributed by atoms with van der Waals surface area (Å²) in [5.74, 6) is 0.953. The number of pyridine rings is 1. The van der Waals surface area contributed by atoms with E-state index in [1.807, 2.05) is 32.9 Å². The molecule has 10 heteroatoms. The van der Waals surface area contributed by atoms with Gasteiger partial charge >= 0.3 is 0 Å². The first-order valence-corrected chi connectivity index (χ1v) is 13.4. The van der Waals surface area contributed by atoms with Crippen LogP contribution in [0.4, 0.5) is 11.6 Å². The van der Waals surface area contributed by atoms with Crippen LogP contribution in [0.1, 0.15) is 56.0 Å². The summed E-state index contributed by atoms with van der Waals surface area (Å²) in [7, 11) is 5.33. The molecule has 1 aromatic carbocycles. The fourth-order valence-electron chi connectivity index (χ4n) is 4.56. The molecule has 3 aromatic rings. The maximum absolute atomic E-state index is 13.1. The molecule has 0 saturated carbocycles. The standard InChI is InChI=1S/C29H38N6O4/c1-7-9-21-25-23(35(5)28(37)26(21)39-18(3)8-2)17-30-29(33-25)32-22-11-10-19(16-24(22)38-6)27(36)31-20-12-14-34(4)15-13-20/h7,9-11,16-18,20H,8,12-15H2,1-6H3,(H,31,36)(H,30,32,33). The highest BCUT2D eigenvalue weighted by Gasteiger charge is 2.21. The molecule has 1 saturated heterocycles. The summed E-state index contributed by atoms with van der Waals surface area (Å²) in [6, 6.07) is 5.41. The molecular weight excluding hydrogens is 496 g/mol. The van der Waals surface area contributed by atoms with Crippen molar-refractivity contribution in [1.82, 2.24) is 24.8 Å². The zero-order valence-electron chi connectivity index (χ0n) is 23.6. The van der Waals surface area contributed by atoms with E-state index >= 15 is 0 Å². The number of aryl methyl sites for hydroxylation is 1. The van der Waals surface area contributed by atoms with Gasteiger partial charge in [0.25, 0.3) is 11.5 Å². The van der Waals surface area contributed by atoms with Gasteiger partial charge in [-0.25, -0.2) is 9.97 Å². The second-order valence-electron chi connectivity index (χ2n) is 9.96. The molecule has 39 heavy (non-hydrogen) atoms. The number of rotatable bonds is 9. The van der Waals surface area contributed by atoms with Crippen molar-refractivity contribution in [2.75, 3.05) is 32.6 Å². The van der Waals surface area contributed by atoms with Crippen molar-refractivity contribution in [3.05, 3.63) is 52.0 Å². The average Bonchev–Trinajstić information content (AvgIpc) is 2.94. The molecule has 2 N–H and O–H groups in total. The topological polar surface area (TPSA) is 111 Å². The first kappa shape index (κ1) is 28.1. The number of piperidine rings is 1. The Bertz CT molecular complexity index is 1430. The second-order valence-corrected chi connectivity index (χ2v) is 9.96. The Kier molecular flexibility index (Phi) is 8.86. The average molecular weight is 535 g/mol. The largest absolute Gasteiger partial charge is 0.495 e. The smallest absolute Gasteiger partial charge is 0.293 e. The Balaban J connectivity index is 1.64. The zero-order valence-corrected chi connectivity index (χ0v) is 23.6. The summed E-state index contributed by atoms with van der Waals surface area (Å²) in [4.78, 5) is 37.5. The zero-order chi connectivity index (χ0) is 28.1. The molecule has 0 radical (unpaired) electrons. The fraction of sp³-hybridized carbons (Fsp3) is 0.448. The van der Waals surface area contributed by atoms with Gasteiger partial charge in [0.15, 0.2) is 5.75 Å². The third kappa shape index (κ3) is 6.22. The predicted octanol–water partition coefficient (Wildman–Crippen LogP) is 4.12. The number of benzene rings is 1. The van der Waals surface area contributed by atoms with Gasteiger partial charge in [0.2, 0.25) is 5.95 Å². The molecule has 2 aromatic heterocycles. The first-order valence-electron chi connectivity index (χ1n) is 13.4. The fourth-order valence-corrected chi connectivity index (χ4v) is 4.56. The number of fused-ring (bicyclic) bond motifs is 1. The van der Waals surface area contributed by atoms with Gasteiger partial charge in [0, 0.05) is 18.7 Å². The number of likely N-dealkylation sites (tertiary alicyclic amines) is 1. The number of nitrogens with one attached hydrogen (secondary N) is 2. The monoisotopic (exact) mass is 534 g/mol. The molecule has 208 valence electrons. The summed E-state index contributed by atoms with van der Waals surface area (Å²) in [5.41, 5.74) is 2.67. The lowest BCUT2D eigenvalue weighted by Gasteiger charge is -2.29. The van der Waals surface area contributed by atoms with Crippen LogP contribution in [-0.4, -0.2) is 64.7 Å². The van der Waals surface area contributed by atoms with Crippen molar-refractivity contribution in [2.24, 2.45) is 7.05 Å². The molecular formula is C29H38N6O4. The van der Waals surface area contributed by atoms with Gasteiger partial charge in [-0.1, -0.05) is 19.1 Å². The van der Waals surface area contributed by atoms with E-state index in [9.17, 15) is 9.59 Å². The maximum Gasteiger partial charge on any atom is 0.293 e. The Morgan fingerprint density at radius 1 is 1.26 bits per heavy atom. The number of anilines is 2. The maximum atomic E-state index is 13.1. The van der Waals surface area contributed by atoms with E-state index in [4.69, 9.17) is 14.5 Å². The number of methoxy groups -OCH3 is 1. The lowest BCUT2D eigenvalue weighted by atomic mass is 10.0. The molecule has 1 fully saturated rings. The summed E-state index contributed by atoms with van der Waals surface area (Å²) in [5, 5.41) is 6.34. The molecule has 1 amide bonds. The number of allylic oxidation sites excluding steroid dienone is 1. The van der Waals surface area contributed by atoms with Crippen molar-refractivity contribution in [1.29, 1.82) is 0 Å². The molecule has 1 atom stereocenters. The molecule has 4 rings (SSSR count). The Morgan fingerprint density at radius 3 is 2.67 bits per heavy atom. The Morgan fingerprint density at radius 2 is 2.00 bits per heavy atom. The number of ether oxygens (including phenoxy) is 2. The van der Waals surface area contributed by atoms with E-state index in [0.717, 1.165) is 32.4 Å². The molecule has 1 unspecified atom stereocenters. The van der Waals surface area contributed by atoms with Crippen molar-refractivity contribution >= 4 is 34.7 Å². The highest BCUT2D eigenvalue weighted by atomic mass is 16.5. The highest BCUT2D eigenvalue weighted by molar-refractivity contribution is 5.95. The van der Waals surface area contributed by atoms with Gasteiger partial charge in [0.1, 0.15) is 11.3 Å². The second kappa shape index (κ2) is 12.3. The third-order valence-electron chi connectivity index (χ3n) is 7.12. The number of aromatic nitrogens is 3. The number of hydrogen-bond acceptors (Lipinski definition) is 8. The van der Waals surface area contributed by atoms with Crippen LogP contribution in [-0.2, 0) is 7.05 Å². The van der Waals surface area contributed by atoms with Crippen LogP contribution < -0.4 is 25.7 Å². The van der Waals surface area contributed by atoms with E-state index < -0.39 is 0 Å². The summed E-state index contributed by atoms with van der Waals surface area (Å²) in [6.45, 7) is 7.76. The normalized spacial score (nSPS) is 15.4. The van der Waals surface area contributed by atoms with Gasteiger partial charge in [-0.15, -0.1) is 0 Å². The Labute approximate surface area is 229 Å². The lowest BCUT2D eigenvalue weighted by Crippen LogP contribution is -2.43. The van der Waals surface area contributed by atoms with Crippen LogP contribution in [0.3, 0.4) is 0 Å². The summed E-state index contributed by atoms with van der Waals surface area (Å²) >= 11 is 0. The third-order valence-corrected chi connectivity index (χ3v) is 7.12. The van der Waals surface area contributed by atoms with Crippen LogP contribution in [0, 0.1) is 0 Å². The van der Waals surface area contributed by atoms with Crippen LogP contribution in [0.15, 0.2) is 35.3 Å². The van der Waals surface area contributed by atoms with Gasteiger partial charge in [-0.2, -0.15) is 0 Å². The van der Waals surface area contributed by atoms with E-state index in [1.54, 1.807) is 38.6 Å². The predicted molar refractivity (Wildman–Crippen MR) is 154 cm³/mol. The molecule has 0 spiro atoms. The summed E-state index contributed by atoms with van der Waals surface area (Å²) in [6.07, 6.45) is 7.80. The van der Waals surface area contributed by atoms with Crippen molar-refractivity contribution in [3.63, 3.8) is 0 Å². The highest BCUT2D eigenvalue weighted by Crippen LogP contribution is 2.30. The van der Waals surface area contributed by atoms with E-state index in [-0.39, 0.29) is 29.4 Å². The van der Waals surface area contributed by atoms with Gasteiger partial charge in [0.05, 0.1) is 36.2 Å². The Hall–Kier alpha value is -3.92. The quantitative estimate of drug-likeness (QED) is 0.422. The number of hydrogen-bond donors (Lipinski definition) is 2. The van der Waals surface area contributed by atoms with Crippen molar-refractivity contribution < 1.29 is 14.3 Å². The molecule has 3 heterocycles. The SMILES string of the molecule is CC=Cc1c(OC(C)CC)c(=O)n(C)c2cnc(Nc3ccc(C(=O)NC4CCN(C)CC4)cc3OC)nc12. The minimum atomic E-state index is -0.240. The van der Waals surface area contributed by atoms with Gasteiger partial charge in [-0.05, 0) is 71.4 Å². The lowest BCUT2D eigenvalue weighted by molar-refractivity contribution is 0.0916. The molecule has 10 nitrogen and oxygen atoms in total. The number of nitrogens with zero attached hydrogens (tertiary/aromatic N) is 4.